The Kier molecular flexibility index (Phi) is 5.09. The molecule has 0 aliphatic rings. The zero-order chi connectivity index (χ0) is 15.2. The van der Waals surface area contributed by atoms with Crippen molar-refractivity contribution in [3.05, 3.63) is 65.2 Å². The number of hydrogen-bond acceptors (Lipinski definition) is 3. The summed E-state index contributed by atoms with van der Waals surface area (Å²) in [6.07, 6.45) is 0. The van der Waals surface area contributed by atoms with Gasteiger partial charge in [0.05, 0.1) is 12.2 Å². The van der Waals surface area contributed by atoms with Gasteiger partial charge in [0.1, 0.15) is 0 Å². The van der Waals surface area contributed by atoms with Crippen molar-refractivity contribution >= 4 is 28.4 Å². The summed E-state index contributed by atoms with van der Waals surface area (Å²) >= 11 is 5.49. The zero-order valence-electron chi connectivity index (χ0n) is 11.4. The van der Waals surface area contributed by atoms with Crippen LogP contribution in [-0.2, 0) is 11.3 Å². The maximum Gasteiger partial charge on any atom is 0.256 e. The Morgan fingerprint density at radius 3 is 2.48 bits per heavy atom. The number of halogens is 1. The summed E-state index contributed by atoms with van der Waals surface area (Å²) in [6, 6.07) is 13.7. The third kappa shape index (κ3) is 3.90. The summed E-state index contributed by atoms with van der Waals surface area (Å²) in [6.45, 7) is 0.459. The van der Waals surface area contributed by atoms with Crippen LogP contribution in [0.15, 0.2) is 48.5 Å². The molecule has 4 nitrogen and oxygen atoms in total. The number of methoxy groups -OCH3 is 1. The second kappa shape index (κ2) is 7.02. The molecule has 0 saturated carbocycles. The number of rotatable bonds is 5. The number of nitrogens with one attached hydrogen (secondary N) is 1. The second-order valence-corrected chi connectivity index (χ2v) is 4.75. The van der Waals surface area contributed by atoms with Crippen molar-refractivity contribution < 1.29 is 14.3 Å². The van der Waals surface area contributed by atoms with E-state index in [0.717, 1.165) is 5.56 Å². The van der Waals surface area contributed by atoms with Crippen LogP contribution in [0.4, 0.5) is 5.69 Å². The van der Waals surface area contributed by atoms with E-state index in [2.05, 4.69) is 5.32 Å². The molecule has 0 aliphatic carbocycles. The minimum Gasteiger partial charge on any atom is -0.380 e. The van der Waals surface area contributed by atoms with Crippen LogP contribution in [0.3, 0.4) is 0 Å². The van der Waals surface area contributed by atoms with Gasteiger partial charge in [-0.2, -0.15) is 0 Å². The van der Waals surface area contributed by atoms with Crippen molar-refractivity contribution in [2.45, 2.75) is 6.61 Å². The van der Waals surface area contributed by atoms with Crippen LogP contribution in [0, 0.1) is 0 Å². The first kappa shape index (κ1) is 15.2. The molecule has 0 unspecified atom stereocenters. The van der Waals surface area contributed by atoms with Gasteiger partial charge in [0, 0.05) is 18.4 Å². The van der Waals surface area contributed by atoms with Crippen LogP contribution < -0.4 is 5.32 Å². The van der Waals surface area contributed by atoms with E-state index in [1.165, 1.54) is 6.07 Å². The molecule has 0 spiro atoms. The molecule has 0 saturated heterocycles. The summed E-state index contributed by atoms with van der Waals surface area (Å²) in [5.41, 5.74) is 2.00. The molecule has 0 bridgehead atoms. The third-order valence-electron chi connectivity index (χ3n) is 2.88. The summed E-state index contributed by atoms with van der Waals surface area (Å²) in [7, 11) is 1.60. The van der Waals surface area contributed by atoms with Crippen molar-refractivity contribution in [2.75, 3.05) is 12.4 Å². The Balaban J connectivity index is 2.22. The Hall–Kier alpha value is -2.17. The lowest BCUT2D eigenvalue weighted by Crippen LogP contribution is -2.15. The molecule has 0 radical (unpaired) electrons. The first-order valence-corrected chi connectivity index (χ1v) is 6.67. The monoisotopic (exact) mass is 303 g/mol. The van der Waals surface area contributed by atoms with Crippen LogP contribution in [-0.4, -0.2) is 18.3 Å². The van der Waals surface area contributed by atoms with Crippen molar-refractivity contribution in [3.8, 4) is 0 Å². The number of carbonyl (C=O) groups excluding carboxylic acids is 2. The number of amides is 1. The number of hydrogen-bond donors (Lipinski definition) is 1. The minimum atomic E-state index is -0.658. The van der Waals surface area contributed by atoms with Gasteiger partial charge in [-0.25, -0.2) is 0 Å². The van der Waals surface area contributed by atoms with Crippen molar-refractivity contribution in [3.63, 3.8) is 0 Å². The Bertz CT molecular complexity index is 670. The topological polar surface area (TPSA) is 55.4 Å². The molecule has 0 heterocycles. The first-order valence-electron chi connectivity index (χ1n) is 6.30. The van der Waals surface area contributed by atoms with Gasteiger partial charge in [0.2, 0.25) is 0 Å². The van der Waals surface area contributed by atoms with Gasteiger partial charge in [-0.05, 0) is 41.4 Å². The first-order chi connectivity index (χ1) is 10.1. The smallest absolute Gasteiger partial charge is 0.256 e. The molecule has 0 aromatic heterocycles. The Labute approximate surface area is 127 Å². The maximum absolute atomic E-state index is 12.3. The van der Waals surface area contributed by atoms with Gasteiger partial charge in [0.25, 0.3) is 11.1 Å². The lowest BCUT2D eigenvalue weighted by molar-refractivity contribution is 0.101. The highest BCUT2D eigenvalue weighted by Crippen LogP contribution is 2.16. The molecule has 21 heavy (non-hydrogen) atoms. The summed E-state index contributed by atoms with van der Waals surface area (Å²) < 4.78 is 5.05. The van der Waals surface area contributed by atoms with Gasteiger partial charge in [0.15, 0.2) is 0 Å². The molecular formula is C16H14ClNO3. The van der Waals surface area contributed by atoms with E-state index in [1.807, 2.05) is 18.2 Å². The average molecular weight is 304 g/mol. The van der Waals surface area contributed by atoms with Gasteiger partial charge >= 0.3 is 0 Å². The fourth-order valence-electron chi connectivity index (χ4n) is 1.96. The highest BCUT2D eigenvalue weighted by molar-refractivity contribution is 6.68. The van der Waals surface area contributed by atoms with E-state index in [4.69, 9.17) is 16.3 Å². The van der Waals surface area contributed by atoms with Gasteiger partial charge < -0.3 is 10.1 Å². The van der Waals surface area contributed by atoms with Gasteiger partial charge in [-0.15, -0.1) is 0 Å². The van der Waals surface area contributed by atoms with E-state index in [0.29, 0.717) is 12.3 Å². The summed E-state index contributed by atoms with van der Waals surface area (Å²) in [5.74, 6) is -0.380. The molecule has 2 aromatic rings. The molecule has 0 atom stereocenters. The van der Waals surface area contributed by atoms with Crippen molar-refractivity contribution in [2.24, 2.45) is 0 Å². The summed E-state index contributed by atoms with van der Waals surface area (Å²) in [5, 5.41) is 2.09. The number of anilines is 1. The van der Waals surface area contributed by atoms with Crippen LogP contribution in [0.1, 0.15) is 26.3 Å². The second-order valence-electron chi connectivity index (χ2n) is 4.41. The molecule has 2 aromatic carbocycles. The summed E-state index contributed by atoms with van der Waals surface area (Å²) in [4.78, 5) is 23.6. The lowest BCUT2D eigenvalue weighted by atomic mass is 10.1. The number of carbonyl (C=O) groups is 2. The fraction of sp³-hybridized carbons (Fsp3) is 0.125. The van der Waals surface area contributed by atoms with Crippen LogP contribution in [0.25, 0.3) is 0 Å². The Morgan fingerprint density at radius 2 is 1.81 bits per heavy atom. The molecule has 1 N–H and O–H groups in total. The van der Waals surface area contributed by atoms with E-state index >= 15 is 0 Å². The van der Waals surface area contributed by atoms with Crippen LogP contribution >= 0.6 is 11.6 Å². The molecule has 2 rings (SSSR count). The van der Waals surface area contributed by atoms with Gasteiger partial charge in [-0.3, -0.25) is 9.59 Å². The minimum absolute atomic E-state index is 0.185. The molecule has 0 fully saturated rings. The van der Waals surface area contributed by atoms with E-state index < -0.39 is 5.24 Å². The zero-order valence-corrected chi connectivity index (χ0v) is 12.2. The maximum atomic E-state index is 12.3. The SMILES string of the molecule is COCc1cccc(NC(=O)c2ccccc2C(=O)Cl)c1. The normalized spacial score (nSPS) is 10.2. The van der Waals surface area contributed by atoms with Crippen molar-refractivity contribution in [1.82, 2.24) is 0 Å². The van der Waals surface area contributed by atoms with Crippen LogP contribution in [0.2, 0.25) is 0 Å². The van der Waals surface area contributed by atoms with E-state index in [1.54, 1.807) is 31.4 Å². The highest BCUT2D eigenvalue weighted by atomic mass is 35.5. The quantitative estimate of drug-likeness (QED) is 0.861. The molecule has 108 valence electrons. The third-order valence-corrected chi connectivity index (χ3v) is 3.08. The van der Waals surface area contributed by atoms with Crippen molar-refractivity contribution in [1.29, 1.82) is 0 Å². The van der Waals surface area contributed by atoms with E-state index in [9.17, 15) is 9.59 Å². The number of benzene rings is 2. The predicted molar refractivity (Wildman–Crippen MR) is 81.7 cm³/mol. The molecule has 0 aliphatic heterocycles. The molecule has 5 heteroatoms. The largest absolute Gasteiger partial charge is 0.380 e. The predicted octanol–water partition coefficient (Wildman–Crippen LogP) is 3.46. The van der Waals surface area contributed by atoms with E-state index in [-0.39, 0.29) is 17.0 Å². The lowest BCUT2D eigenvalue weighted by Gasteiger charge is -2.09. The average Bonchev–Trinajstić information content (AvgIpc) is 2.48. The van der Waals surface area contributed by atoms with Gasteiger partial charge in [-0.1, -0.05) is 24.3 Å². The fourth-order valence-corrected chi connectivity index (χ4v) is 2.12. The highest BCUT2D eigenvalue weighted by Gasteiger charge is 2.15. The molecule has 1 amide bonds. The number of ether oxygens (including phenoxy) is 1. The Morgan fingerprint density at radius 1 is 1.10 bits per heavy atom. The molecular weight excluding hydrogens is 290 g/mol. The van der Waals surface area contributed by atoms with Crippen LogP contribution in [0.5, 0.6) is 0 Å². The standard InChI is InChI=1S/C16H14ClNO3/c1-21-10-11-5-4-6-12(9-11)18-16(20)14-8-3-2-7-13(14)15(17)19/h2-9H,10H2,1H3,(H,18,20).